The average molecular weight is 221 g/mol. The number of rotatable bonds is 4. The second-order valence-corrected chi connectivity index (χ2v) is 4.02. The van der Waals surface area contributed by atoms with Gasteiger partial charge in [-0.1, -0.05) is 6.07 Å². The van der Waals surface area contributed by atoms with Crippen LogP contribution in [-0.2, 0) is 6.54 Å². The third kappa shape index (κ3) is 3.24. The molecule has 88 valence electrons. The Bertz CT molecular complexity index is 375. The topological polar surface area (TPSA) is 58.4 Å². The van der Waals surface area contributed by atoms with Gasteiger partial charge in [0.05, 0.1) is 5.56 Å². The van der Waals surface area contributed by atoms with Crippen molar-refractivity contribution >= 4 is 11.6 Å². The minimum absolute atomic E-state index is 0.114. The number of carbonyl (C=O) groups excluding carboxylic acids is 1. The molecule has 0 radical (unpaired) electrons. The molecule has 0 aliphatic heterocycles. The lowest BCUT2D eigenvalue weighted by atomic mass is 10.1. The SMILES string of the molecule is CCNC(=O)c1ccc(CN(C)C)cc1N. The first-order valence-corrected chi connectivity index (χ1v) is 5.36. The second kappa shape index (κ2) is 5.51. The second-order valence-electron chi connectivity index (χ2n) is 4.02. The van der Waals surface area contributed by atoms with Gasteiger partial charge in [-0.05, 0) is 38.7 Å². The Hall–Kier alpha value is -1.55. The first kappa shape index (κ1) is 12.5. The van der Waals surface area contributed by atoms with Crippen LogP contribution in [0.5, 0.6) is 0 Å². The van der Waals surface area contributed by atoms with Crippen molar-refractivity contribution in [3.63, 3.8) is 0 Å². The van der Waals surface area contributed by atoms with E-state index >= 15 is 0 Å². The first-order valence-electron chi connectivity index (χ1n) is 5.36. The smallest absolute Gasteiger partial charge is 0.253 e. The Kier molecular flexibility index (Phi) is 4.31. The predicted molar refractivity (Wildman–Crippen MR) is 66.3 cm³/mol. The normalized spacial score (nSPS) is 10.5. The lowest BCUT2D eigenvalue weighted by Crippen LogP contribution is -2.23. The number of amides is 1. The minimum Gasteiger partial charge on any atom is -0.398 e. The number of nitrogens with two attached hydrogens (primary N) is 1. The van der Waals surface area contributed by atoms with Crippen LogP contribution in [0, 0.1) is 0 Å². The van der Waals surface area contributed by atoms with E-state index in [1.165, 1.54) is 0 Å². The van der Waals surface area contributed by atoms with Gasteiger partial charge in [0.25, 0.3) is 5.91 Å². The summed E-state index contributed by atoms with van der Waals surface area (Å²) in [5.41, 5.74) is 8.03. The van der Waals surface area contributed by atoms with Crippen molar-refractivity contribution in [2.75, 3.05) is 26.4 Å². The molecule has 0 fully saturated rings. The Labute approximate surface area is 96.4 Å². The number of hydrogen-bond donors (Lipinski definition) is 2. The van der Waals surface area contributed by atoms with Crippen LogP contribution in [-0.4, -0.2) is 31.4 Å². The van der Waals surface area contributed by atoms with Crippen LogP contribution in [0.25, 0.3) is 0 Å². The maximum atomic E-state index is 11.6. The molecule has 4 heteroatoms. The Balaban J connectivity index is 2.87. The lowest BCUT2D eigenvalue weighted by Gasteiger charge is -2.12. The summed E-state index contributed by atoms with van der Waals surface area (Å²) in [4.78, 5) is 13.7. The molecule has 0 bridgehead atoms. The molecule has 1 amide bonds. The predicted octanol–water partition coefficient (Wildman–Crippen LogP) is 1.08. The number of carbonyl (C=O) groups is 1. The number of nitrogen functional groups attached to an aromatic ring is 1. The highest BCUT2D eigenvalue weighted by molar-refractivity contribution is 5.99. The fourth-order valence-corrected chi connectivity index (χ4v) is 1.54. The summed E-state index contributed by atoms with van der Waals surface area (Å²) in [5, 5.41) is 2.73. The fourth-order valence-electron chi connectivity index (χ4n) is 1.54. The van der Waals surface area contributed by atoms with Crippen LogP contribution in [0.3, 0.4) is 0 Å². The molecule has 0 saturated carbocycles. The van der Waals surface area contributed by atoms with Crippen molar-refractivity contribution in [3.8, 4) is 0 Å². The van der Waals surface area contributed by atoms with Crippen molar-refractivity contribution < 1.29 is 4.79 Å². The summed E-state index contributed by atoms with van der Waals surface area (Å²) in [6.45, 7) is 3.31. The zero-order chi connectivity index (χ0) is 12.1. The van der Waals surface area contributed by atoms with Crippen LogP contribution in [0.4, 0.5) is 5.69 Å². The maximum absolute atomic E-state index is 11.6. The summed E-state index contributed by atoms with van der Waals surface area (Å²) in [7, 11) is 3.99. The van der Waals surface area contributed by atoms with E-state index < -0.39 is 0 Å². The molecule has 0 atom stereocenters. The van der Waals surface area contributed by atoms with Crippen molar-refractivity contribution in [1.29, 1.82) is 0 Å². The monoisotopic (exact) mass is 221 g/mol. The first-order chi connectivity index (χ1) is 7.54. The summed E-state index contributed by atoms with van der Waals surface area (Å²) in [6.07, 6.45) is 0. The standard InChI is InChI=1S/C12H19N3O/c1-4-14-12(16)10-6-5-9(7-11(10)13)8-15(2)3/h5-7H,4,8,13H2,1-3H3,(H,14,16). The Morgan fingerprint density at radius 2 is 2.12 bits per heavy atom. The summed E-state index contributed by atoms with van der Waals surface area (Å²) in [6, 6.07) is 5.56. The molecule has 1 rings (SSSR count). The van der Waals surface area contributed by atoms with Gasteiger partial charge in [0, 0.05) is 18.8 Å². The lowest BCUT2D eigenvalue weighted by molar-refractivity contribution is 0.0956. The van der Waals surface area contributed by atoms with Gasteiger partial charge in [0.2, 0.25) is 0 Å². The van der Waals surface area contributed by atoms with Gasteiger partial charge in [0.15, 0.2) is 0 Å². The molecular formula is C12H19N3O. The van der Waals surface area contributed by atoms with E-state index in [0.717, 1.165) is 12.1 Å². The van der Waals surface area contributed by atoms with Crippen molar-refractivity contribution in [2.24, 2.45) is 0 Å². The molecule has 0 spiro atoms. The van der Waals surface area contributed by atoms with E-state index in [4.69, 9.17) is 5.73 Å². The van der Waals surface area contributed by atoms with Crippen molar-refractivity contribution in [3.05, 3.63) is 29.3 Å². The van der Waals surface area contributed by atoms with Gasteiger partial charge in [-0.25, -0.2) is 0 Å². The summed E-state index contributed by atoms with van der Waals surface area (Å²) < 4.78 is 0. The average Bonchev–Trinajstić information content (AvgIpc) is 2.16. The van der Waals surface area contributed by atoms with Crippen molar-refractivity contribution in [1.82, 2.24) is 10.2 Å². The zero-order valence-corrected chi connectivity index (χ0v) is 10.1. The number of hydrogen-bond acceptors (Lipinski definition) is 3. The molecule has 0 aliphatic rings. The summed E-state index contributed by atoms with van der Waals surface area (Å²) in [5.74, 6) is -0.114. The van der Waals surface area contributed by atoms with E-state index in [1.807, 2.05) is 33.2 Å². The molecule has 16 heavy (non-hydrogen) atoms. The molecule has 3 N–H and O–H groups in total. The highest BCUT2D eigenvalue weighted by Gasteiger charge is 2.08. The quantitative estimate of drug-likeness (QED) is 0.748. The van der Waals surface area contributed by atoms with Gasteiger partial charge in [-0.2, -0.15) is 0 Å². The van der Waals surface area contributed by atoms with E-state index in [9.17, 15) is 4.79 Å². The van der Waals surface area contributed by atoms with Crippen LogP contribution in [0.2, 0.25) is 0 Å². The van der Waals surface area contributed by atoms with Crippen LogP contribution in [0.15, 0.2) is 18.2 Å². The molecule has 0 unspecified atom stereocenters. The number of anilines is 1. The molecule has 0 saturated heterocycles. The summed E-state index contributed by atoms with van der Waals surface area (Å²) >= 11 is 0. The number of nitrogens with one attached hydrogen (secondary N) is 1. The van der Waals surface area contributed by atoms with Gasteiger partial charge in [-0.3, -0.25) is 4.79 Å². The van der Waals surface area contributed by atoms with Crippen LogP contribution >= 0.6 is 0 Å². The van der Waals surface area contributed by atoms with Crippen molar-refractivity contribution in [2.45, 2.75) is 13.5 Å². The third-order valence-electron chi connectivity index (χ3n) is 2.20. The Morgan fingerprint density at radius 1 is 1.44 bits per heavy atom. The molecular weight excluding hydrogens is 202 g/mol. The van der Waals surface area contributed by atoms with E-state index in [1.54, 1.807) is 6.07 Å². The largest absolute Gasteiger partial charge is 0.398 e. The van der Waals surface area contributed by atoms with Gasteiger partial charge in [-0.15, -0.1) is 0 Å². The number of nitrogens with zero attached hydrogens (tertiary/aromatic N) is 1. The molecule has 0 aromatic heterocycles. The fraction of sp³-hybridized carbons (Fsp3) is 0.417. The zero-order valence-electron chi connectivity index (χ0n) is 10.1. The molecule has 4 nitrogen and oxygen atoms in total. The van der Waals surface area contributed by atoms with E-state index in [0.29, 0.717) is 17.8 Å². The molecule has 1 aromatic rings. The van der Waals surface area contributed by atoms with Gasteiger partial charge in [0.1, 0.15) is 0 Å². The minimum atomic E-state index is -0.114. The number of benzene rings is 1. The molecule has 0 heterocycles. The highest BCUT2D eigenvalue weighted by Crippen LogP contribution is 2.15. The highest BCUT2D eigenvalue weighted by atomic mass is 16.1. The maximum Gasteiger partial charge on any atom is 0.253 e. The molecule has 0 aliphatic carbocycles. The van der Waals surface area contributed by atoms with Gasteiger partial charge >= 0.3 is 0 Å². The van der Waals surface area contributed by atoms with Gasteiger partial charge < -0.3 is 16.0 Å². The van der Waals surface area contributed by atoms with E-state index in [-0.39, 0.29) is 5.91 Å². The van der Waals surface area contributed by atoms with E-state index in [2.05, 4.69) is 10.2 Å². The molecule has 1 aromatic carbocycles. The van der Waals surface area contributed by atoms with Crippen LogP contribution < -0.4 is 11.1 Å². The van der Waals surface area contributed by atoms with Crippen LogP contribution in [0.1, 0.15) is 22.8 Å². The third-order valence-corrected chi connectivity index (χ3v) is 2.20. The Morgan fingerprint density at radius 3 is 2.62 bits per heavy atom.